The number of alkyl halides is 3. The van der Waals surface area contributed by atoms with E-state index in [-0.39, 0.29) is 5.75 Å². The Morgan fingerprint density at radius 1 is 1.06 bits per heavy atom. The van der Waals surface area contributed by atoms with E-state index in [2.05, 4.69) is 30.0 Å². The van der Waals surface area contributed by atoms with Gasteiger partial charge < -0.3 is 19.5 Å². The number of fused-ring (bicyclic) bond motifs is 1. The van der Waals surface area contributed by atoms with Crippen LogP contribution in [0, 0.1) is 0 Å². The molecule has 0 unspecified atom stereocenters. The molecule has 0 bridgehead atoms. The third-order valence-corrected chi connectivity index (χ3v) is 4.95. The van der Waals surface area contributed by atoms with Gasteiger partial charge in [0.2, 0.25) is 5.95 Å². The Morgan fingerprint density at radius 2 is 1.90 bits per heavy atom. The number of benzene rings is 1. The number of hydrogen-bond acceptors (Lipinski definition) is 6. The Balaban J connectivity index is 1.40. The van der Waals surface area contributed by atoms with E-state index in [0.29, 0.717) is 17.5 Å². The van der Waals surface area contributed by atoms with Crippen molar-refractivity contribution in [1.29, 1.82) is 0 Å². The average Bonchev–Trinajstić information content (AvgIpc) is 3.48. The number of nitrogens with zero attached hydrogens (tertiary/aromatic N) is 6. The van der Waals surface area contributed by atoms with Gasteiger partial charge in [0.05, 0.1) is 11.9 Å². The molecule has 1 aliphatic heterocycles. The van der Waals surface area contributed by atoms with Gasteiger partial charge in [0.15, 0.2) is 11.6 Å². The van der Waals surface area contributed by atoms with E-state index in [9.17, 15) is 13.2 Å². The Morgan fingerprint density at radius 3 is 2.71 bits per heavy atom. The first-order valence-electron chi connectivity index (χ1n) is 9.72. The Labute approximate surface area is 174 Å². The number of nitrogens with one attached hydrogen (secondary N) is 1. The second kappa shape index (κ2) is 7.49. The highest BCUT2D eigenvalue weighted by Gasteiger charge is 2.31. The minimum absolute atomic E-state index is 0.301. The van der Waals surface area contributed by atoms with Gasteiger partial charge in [-0.05, 0) is 37.1 Å². The predicted molar refractivity (Wildman–Crippen MR) is 108 cm³/mol. The molecule has 0 atom stereocenters. The summed E-state index contributed by atoms with van der Waals surface area (Å²) < 4.78 is 44.8. The minimum Gasteiger partial charge on any atom is -0.406 e. The molecule has 4 aromatic rings. The maximum Gasteiger partial charge on any atom is 0.573 e. The van der Waals surface area contributed by atoms with E-state index < -0.39 is 6.36 Å². The number of aromatic nitrogens is 5. The molecule has 31 heavy (non-hydrogen) atoms. The van der Waals surface area contributed by atoms with Gasteiger partial charge in [0.1, 0.15) is 17.6 Å². The van der Waals surface area contributed by atoms with Gasteiger partial charge in [-0.3, -0.25) is 0 Å². The number of anilines is 3. The van der Waals surface area contributed by atoms with Crippen LogP contribution in [0.3, 0.4) is 0 Å². The zero-order valence-electron chi connectivity index (χ0n) is 16.3. The maximum atomic E-state index is 12.5. The maximum absolute atomic E-state index is 12.5. The molecule has 5 rings (SSSR count). The summed E-state index contributed by atoms with van der Waals surface area (Å²) >= 11 is 0. The van der Waals surface area contributed by atoms with E-state index in [1.807, 2.05) is 18.3 Å². The first-order valence-corrected chi connectivity index (χ1v) is 9.72. The van der Waals surface area contributed by atoms with Crippen LogP contribution in [0.15, 0.2) is 55.1 Å². The summed E-state index contributed by atoms with van der Waals surface area (Å²) in [7, 11) is 0. The van der Waals surface area contributed by atoms with Crippen LogP contribution in [0.1, 0.15) is 12.8 Å². The second-order valence-electron chi connectivity index (χ2n) is 7.13. The van der Waals surface area contributed by atoms with Crippen LogP contribution in [0.4, 0.5) is 30.8 Å². The van der Waals surface area contributed by atoms with Crippen LogP contribution in [-0.2, 0) is 0 Å². The molecule has 8 nitrogen and oxygen atoms in total. The summed E-state index contributed by atoms with van der Waals surface area (Å²) in [6.45, 7) is 1.89. The minimum atomic E-state index is -4.75. The first kappa shape index (κ1) is 19.2. The van der Waals surface area contributed by atoms with E-state index in [4.69, 9.17) is 0 Å². The number of ether oxygens (including phenoxy) is 1. The normalized spacial score (nSPS) is 14.4. The molecule has 0 amide bonds. The van der Waals surface area contributed by atoms with E-state index in [1.54, 1.807) is 21.3 Å². The summed E-state index contributed by atoms with van der Waals surface area (Å²) in [5.41, 5.74) is 1.40. The lowest BCUT2D eigenvalue weighted by Gasteiger charge is -2.18. The van der Waals surface area contributed by atoms with Gasteiger partial charge in [-0.25, -0.2) is 9.50 Å². The summed E-state index contributed by atoms with van der Waals surface area (Å²) in [4.78, 5) is 11.2. The zero-order chi connectivity index (χ0) is 21.4. The monoisotopic (exact) mass is 429 g/mol. The molecule has 160 valence electrons. The van der Waals surface area contributed by atoms with Gasteiger partial charge >= 0.3 is 6.36 Å². The van der Waals surface area contributed by atoms with Crippen LogP contribution < -0.4 is 15.0 Å². The predicted octanol–water partition coefficient (Wildman–Crippen LogP) is 4.16. The Hall–Kier alpha value is -3.76. The summed E-state index contributed by atoms with van der Waals surface area (Å²) in [6, 6.07) is 9.55. The molecule has 1 fully saturated rings. The van der Waals surface area contributed by atoms with Crippen LogP contribution in [-0.4, -0.2) is 43.6 Å². The second-order valence-corrected chi connectivity index (χ2v) is 7.13. The average molecular weight is 429 g/mol. The van der Waals surface area contributed by atoms with Crippen molar-refractivity contribution >= 4 is 23.1 Å². The van der Waals surface area contributed by atoms with Crippen LogP contribution >= 0.6 is 0 Å². The third kappa shape index (κ3) is 4.11. The number of rotatable bonds is 5. The molecule has 3 aromatic heterocycles. The summed E-state index contributed by atoms with van der Waals surface area (Å²) in [5.74, 6) is 1.40. The molecule has 1 aromatic carbocycles. The standard InChI is InChI=1S/C20H18F3N7O/c21-20(22,23)31-15-6-3-5-14(11-15)29-12-17(24-13-29)25-19-26-18(28-8-1-2-9-28)16-7-4-10-30(16)27-19/h3-7,10-13H,1-2,8-9H2,(H,25,27). The molecule has 0 radical (unpaired) electrons. The Bertz CT molecular complexity index is 1210. The quantitative estimate of drug-likeness (QED) is 0.514. The fourth-order valence-corrected chi connectivity index (χ4v) is 3.62. The number of imidazole rings is 1. The smallest absolute Gasteiger partial charge is 0.406 e. The van der Waals surface area contributed by atoms with Gasteiger partial charge in [-0.2, -0.15) is 4.98 Å². The summed E-state index contributed by atoms with van der Waals surface area (Å²) in [6.07, 6.45) is 2.49. The topological polar surface area (TPSA) is 72.5 Å². The van der Waals surface area contributed by atoms with Gasteiger partial charge in [-0.15, -0.1) is 18.3 Å². The molecular formula is C20H18F3N7O. The summed E-state index contributed by atoms with van der Waals surface area (Å²) in [5, 5.41) is 7.55. The largest absolute Gasteiger partial charge is 0.573 e. The van der Waals surface area contributed by atoms with Crippen molar-refractivity contribution in [2.24, 2.45) is 0 Å². The highest BCUT2D eigenvalue weighted by Crippen LogP contribution is 2.27. The molecule has 4 heterocycles. The van der Waals surface area contributed by atoms with E-state index >= 15 is 0 Å². The molecule has 11 heteroatoms. The molecule has 0 saturated carbocycles. The molecule has 0 aliphatic carbocycles. The fourth-order valence-electron chi connectivity index (χ4n) is 3.62. The van der Waals surface area contributed by atoms with Gasteiger partial charge in [-0.1, -0.05) is 6.07 Å². The van der Waals surface area contributed by atoms with E-state index in [0.717, 1.165) is 37.3 Å². The van der Waals surface area contributed by atoms with Crippen molar-refractivity contribution in [2.45, 2.75) is 19.2 Å². The molecule has 1 saturated heterocycles. The fraction of sp³-hybridized carbons (Fsp3) is 0.250. The number of hydrogen-bond donors (Lipinski definition) is 1. The van der Waals surface area contributed by atoms with Gasteiger partial charge in [0.25, 0.3) is 0 Å². The molecule has 1 aliphatic rings. The number of halogens is 3. The lowest BCUT2D eigenvalue weighted by molar-refractivity contribution is -0.274. The van der Waals surface area contributed by atoms with Crippen LogP contribution in [0.2, 0.25) is 0 Å². The SMILES string of the molecule is FC(F)(F)Oc1cccc(-n2cnc(Nc3nc(N4CCCC4)c4cccn4n3)c2)c1. The highest BCUT2D eigenvalue weighted by atomic mass is 19.4. The van der Waals surface area contributed by atoms with Crippen molar-refractivity contribution in [3.05, 3.63) is 55.1 Å². The third-order valence-electron chi connectivity index (χ3n) is 4.95. The molecule has 1 N–H and O–H groups in total. The Kier molecular flexibility index (Phi) is 4.64. The first-order chi connectivity index (χ1) is 14.9. The lowest BCUT2D eigenvalue weighted by Crippen LogP contribution is -2.21. The lowest BCUT2D eigenvalue weighted by atomic mass is 10.3. The zero-order valence-corrected chi connectivity index (χ0v) is 16.3. The highest BCUT2D eigenvalue weighted by molar-refractivity contribution is 5.70. The van der Waals surface area contributed by atoms with Crippen molar-refractivity contribution in [3.63, 3.8) is 0 Å². The van der Waals surface area contributed by atoms with Crippen molar-refractivity contribution in [2.75, 3.05) is 23.3 Å². The van der Waals surface area contributed by atoms with Crippen molar-refractivity contribution < 1.29 is 17.9 Å². The van der Waals surface area contributed by atoms with Crippen molar-refractivity contribution in [1.82, 2.24) is 24.1 Å². The van der Waals surface area contributed by atoms with Crippen LogP contribution in [0.5, 0.6) is 5.75 Å². The van der Waals surface area contributed by atoms with Crippen molar-refractivity contribution in [3.8, 4) is 11.4 Å². The van der Waals surface area contributed by atoms with Crippen LogP contribution in [0.25, 0.3) is 11.2 Å². The van der Waals surface area contributed by atoms with Gasteiger partial charge in [0, 0.05) is 25.4 Å². The molecule has 0 spiro atoms. The molecular weight excluding hydrogens is 411 g/mol. The van der Waals surface area contributed by atoms with E-state index in [1.165, 1.54) is 24.5 Å².